The van der Waals surface area contributed by atoms with Crippen LogP contribution in [0.25, 0.3) is 28.0 Å². The highest BCUT2D eigenvalue weighted by Gasteiger charge is 2.30. The summed E-state index contributed by atoms with van der Waals surface area (Å²) in [5, 5.41) is 0. The fourth-order valence-electron chi connectivity index (χ4n) is 6.35. The third-order valence-corrected chi connectivity index (χ3v) is 9.12. The van der Waals surface area contributed by atoms with E-state index in [1.165, 1.54) is 0 Å². The molecule has 1 aliphatic rings. The van der Waals surface area contributed by atoms with Crippen molar-refractivity contribution in [3.05, 3.63) is 132 Å². The van der Waals surface area contributed by atoms with E-state index in [-0.39, 0.29) is 5.82 Å². The zero-order valence-corrected chi connectivity index (χ0v) is 32.2. The number of hydrogen-bond donors (Lipinski definition) is 0. The Bertz CT molecular complexity index is 2100. The van der Waals surface area contributed by atoms with Crippen molar-refractivity contribution in [1.29, 1.82) is 0 Å². The summed E-state index contributed by atoms with van der Waals surface area (Å²) in [6, 6.07) is 36.3. The highest BCUT2D eigenvalue weighted by molar-refractivity contribution is 6.43. The Balaban J connectivity index is 1.37. The Morgan fingerprint density at radius 2 is 1.13 bits per heavy atom. The summed E-state index contributed by atoms with van der Waals surface area (Å²) in [6.07, 6.45) is 3.83. The number of benzene rings is 4. The Hall–Kier alpha value is -5.32. The zero-order valence-electron chi connectivity index (χ0n) is 32.2. The lowest BCUT2D eigenvalue weighted by atomic mass is 10.0. The third kappa shape index (κ3) is 10.0. The Labute approximate surface area is 318 Å². The highest BCUT2D eigenvalue weighted by atomic mass is 19.2. The van der Waals surface area contributed by atoms with Crippen molar-refractivity contribution in [1.82, 2.24) is 4.48 Å². The number of amidine groups is 1. The van der Waals surface area contributed by atoms with E-state index in [1.54, 1.807) is 6.07 Å². The summed E-state index contributed by atoms with van der Waals surface area (Å²) in [7, 11) is 10.1. The van der Waals surface area contributed by atoms with Crippen molar-refractivity contribution in [3.8, 4) is 33.9 Å². The predicted molar refractivity (Wildman–Crippen MR) is 219 cm³/mol. The summed E-state index contributed by atoms with van der Waals surface area (Å²) >= 11 is 0. The summed E-state index contributed by atoms with van der Waals surface area (Å²) in [5.74, 6) is 1.97. The molecule has 0 aliphatic carbocycles. The second kappa shape index (κ2) is 16.8. The number of hydrogen-bond acceptors (Lipinski definition) is 3. The van der Waals surface area contributed by atoms with Gasteiger partial charge in [-0.2, -0.15) is 0 Å². The minimum Gasteiger partial charge on any atom is -0.493 e. The van der Waals surface area contributed by atoms with Crippen LogP contribution in [-0.2, 0) is 0 Å². The molecule has 0 saturated heterocycles. The molecule has 4 aromatic carbocycles. The van der Waals surface area contributed by atoms with Gasteiger partial charge in [0.15, 0.2) is 5.84 Å². The van der Waals surface area contributed by atoms with Gasteiger partial charge in [0.25, 0.3) is 0 Å². The van der Waals surface area contributed by atoms with Gasteiger partial charge >= 0.3 is 7.40 Å². The number of quaternary nitrogens is 2. The summed E-state index contributed by atoms with van der Waals surface area (Å²) in [6.45, 7) is 3.22. The van der Waals surface area contributed by atoms with E-state index in [2.05, 4.69) is 42.3 Å². The first kappa shape index (κ1) is 38.4. The lowest BCUT2D eigenvalue weighted by Crippen LogP contribution is -2.36. The molecule has 6 rings (SSSR count). The van der Waals surface area contributed by atoms with Crippen LogP contribution < -0.4 is 9.47 Å². The number of rotatable bonds is 16. The molecule has 1 aromatic heterocycles. The van der Waals surface area contributed by atoms with Crippen molar-refractivity contribution < 1.29 is 27.1 Å². The van der Waals surface area contributed by atoms with Crippen LogP contribution in [0.2, 0.25) is 0 Å². The van der Waals surface area contributed by atoms with E-state index in [0.29, 0.717) is 47.3 Å². The molecule has 278 valence electrons. The molecule has 7 nitrogen and oxygen atoms in total. The second-order valence-electron chi connectivity index (χ2n) is 15.6. The smallest absolute Gasteiger partial charge is 0.493 e. The topological polar surface area (TPSA) is 48.1 Å². The normalized spacial score (nSPS) is 13.9. The standard InChI is InChI=1S/C44H50BF2N5O2/c1-51(2,3)27-13-29-53-37-23-19-35(20-24-37)41-31-39(33-15-9-7-10-16-33)43(48-41)49-44-40(34-17-11-8-12-18-34)32-42(50(44)45(46)47)36-21-25-38(26-22-36)54-30-14-28-52(4,5)6/h7-12,15-26,31-32H,13-14,27-30H2,1-6H3/q+2/b49-43-. The minimum atomic E-state index is -2.87. The maximum Gasteiger partial charge on any atom is 0.679 e. The zero-order chi connectivity index (χ0) is 38.3. The van der Waals surface area contributed by atoms with Gasteiger partial charge in [-0.15, -0.1) is 0 Å². The molecule has 0 unspecified atom stereocenters. The highest BCUT2D eigenvalue weighted by Crippen LogP contribution is 2.41. The molecule has 0 N–H and O–H groups in total. The Morgan fingerprint density at radius 3 is 1.63 bits per heavy atom. The Kier molecular flexibility index (Phi) is 11.9. The van der Waals surface area contributed by atoms with Gasteiger partial charge in [-0.05, 0) is 77.4 Å². The van der Waals surface area contributed by atoms with E-state index >= 15 is 8.63 Å². The van der Waals surface area contributed by atoms with Crippen LogP contribution in [0.4, 0.5) is 14.4 Å². The van der Waals surface area contributed by atoms with Crippen molar-refractivity contribution in [3.63, 3.8) is 0 Å². The fourth-order valence-corrected chi connectivity index (χ4v) is 6.35. The largest absolute Gasteiger partial charge is 0.679 e. The van der Waals surface area contributed by atoms with Gasteiger partial charge in [0.1, 0.15) is 17.3 Å². The molecule has 54 heavy (non-hydrogen) atoms. The predicted octanol–water partition coefficient (Wildman–Crippen LogP) is 9.16. The van der Waals surface area contributed by atoms with Crippen LogP contribution in [0.3, 0.4) is 0 Å². The van der Waals surface area contributed by atoms with Crippen LogP contribution in [-0.4, -0.2) is 101 Å². The average molecular weight is 730 g/mol. The fraction of sp³-hybridized carbons (Fsp3) is 0.273. The number of halogens is 2. The molecule has 0 spiro atoms. The molecule has 0 fully saturated rings. The van der Waals surface area contributed by atoms with Crippen LogP contribution in [0.15, 0.2) is 131 Å². The number of ether oxygens (including phenoxy) is 2. The van der Waals surface area contributed by atoms with E-state index in [1.807, 2.05) is 115 Å². The van der Waals surface area contributed by atoms with Crippen LogP contribution >= 0.6 is 0 Å². The number of aromatic nitrogens is 1. The molecule has 5 aromatic rings. The van der Waals surface area contributed by atoms with Gasteiger partial charge in [-0.25, -0.2) is 9.98 Å². The molecule has 10 heteroatoms. The number of aliphatic imine (C=N–C) groups is 2. The minimum absolute atomic E-state index is 0.131. The van der Waals surface area contributed by atoms with Gasteiger partial charge < -0.3 is 22.9 Å². The van der Waals surface area contributed by atoms with Gasteiger partial charge in [0.05, 0.1) is 74.3 Å². The van der Waals surface area contributed by atoms with Gasteiger partial charge in [-0.1, -0.05) is 60.7 Å². The number of allylic oxidation sites excluding steroid dienone is 1. The molecule has 2 heterocycles. The maximum absolute atomic E-state index is 15.3. The van der Waals surface area contributed by atoms with E-state index in [0.717, 1.165) is 67.4 Å². The SMILES string of the molecule is C[N+](C)(C)CCCOc1ccc(C2=N/C(=N\c3c(-c4ccccc4)cc(-c4ccc(OCCC[N+](C)(C)C)cc4)n3B(F)F)C(c3ccccc3)=C2)cc1. The first-order chi connectivity index (χ1) is 25.8. The van der Waals surface area contributed by atoms with Gasteiger partial charge in [0, 0.05) is 35.2 Å². The molecule has 0 bridgehead atoms. The van der Waals surface area contributed by atoms with Crippen molar-refractivity contribution >= 4 is 30.3 Å². The maximum atomic E-state index is 15.3. The van der Waals surface area contributed by atoms with Crippen molar-refractivity contribution in [2.45, 2.75) is 12.8 Å². The average Bonchev–Trinajstić information content (AvgIpc) is 3.75. The van der Waals surface area contributed by atoms with Crippen molar-refractivity contribution in [2.75, 3.05) is 68.6 Å². The molecule has 0 saturated carbocycles. The van der Waals surface area contributed by atoms with E-state index in [4.69, 9.17) is 19.5 Å². The molecule has 0 atom stereocenters. The molecular weight excluding hydrogens is 679 g/mol. The molecule has 0 amide bonds. The van der Waals surface area contributed by atoms with Gasteiger partial charge in [-0.3, -0.25) is 8.63 Å². The number of nitrogens with zero attached hydrogens (tertiary/aromatic N) is 5. The lowest BCUT2D eigenvalue weighted by Gasteiger charge is -2.23. The first-order valence-electron chi connectivity index (χ1n) is 18.5. The van der Waals surface area contributed by atoms with E-state index < -0.39 is 7.40 Å². The van der Waals surface area contributed by atoms with Gasteiger partial charge in [0.2, 0.25) is 0 Å². The summed E-state index contributed by atoms with van der Waals surface area (Å²) in [5.41, 5.74) is 5.55. The molecular formula is C44H50BF2N5O2+2. The second-order valence-corrected chi connectivity index (χ2v) is 15.6. The third-order valence-electron chi connectivity index (χ3n) is 9.12. The summed E-state index contributed by atoms with van der Waals surface area (Å²) in [4.78, 5) is 9.98. The van der Waals surface area contributed by atoms with Crippen LogP contribution in [0.5, 0.6) is 11.5 Å². The first-order valence-corrected chi connectivity index (χ1v) is 18.5. The van der Waals surface area contributed by atoms with Crippen LogP contribution in [0, 0.1) is 0 Å². The Morgan fingerprint density at radius 1 is 0.630 bits per heavy atom. The van der Waals surface area contributed by atoms with E-state index in [9.17, 15) is 0 Å². The summed E-state index contributed by atoms with van der Waals surface area (Å²) < 4.78 is 45.4. The molecule has 1 aliphatic heterocycles. The van der Waals surface area contributed by atoms with Crippen molar-refractivity contribution in [2.24, 2.45) is 9.98 Å². The van der Waals surface area contributed by atoms with Crippen LogP contribution in [0.1, 0.15) is 24.0 Å². The lowest BCUT2D eigenvalue weighted by molar-refractivity contribution is -0.870. The quantitative estimate of drug-likeness (QED) is 0.0578. The molecule has 0 radical (unpaired) electrons. The monoisotopic (exact) mass is 729 g/mol.